The largest absolute Gasteiger partial charge is 0.456 e. The monoisotopic (exact) mass is 786 g/mol. The number of aromatic nitrogens is 1. The third-order valence-electron chi connectivity index (χ3n) is 11.5. The summed E-state index contributed by atoms with van der Waals surface area (Å²) in [5.74, 6) is 0. The van der Waals surface area contributed by atoms with Gasteiger partial charge in [-0.1, -0.05) is 133 Å². The predicted octanol–water partition coefficient (Wildman–Crippen LogP) is 16.2. The fourth-order valence-electron chi connectivity index (χ4n) is 8.61. The van der Waals surface area contributed by atoms with Crippen LogP contribution in [0.25, 0.3) is 98.0 Å². The van der Waals surface area contributed by atoms with Crippen LogP contribution in [0, 0.1) is 0 Å². The molecule has 0 aliphatic carbocycles. The Labute approximate surface area is 349 Å². The Morgan fingerprint density at radius 2 is 0.867 bits per heavy atom. The second kappa shape index (κ2) is 14.0. The number of rotatable bonds is 7. The molecule has 282 valence electrons. The van der Waals surface area contributed by atoms with E-state index < -0.39 is 0 Å². The first kappa shape index (κ1) is 34.3. The summed E-state index contributed by atoms with van der Waals surface area (Å²) in [5, 5.41) is 5.35. The van der Waals surface area contributed by atoms with Gasteiger partial charge in [0.2, 0.25) is 0 Å². The number of hydrogen-bond acceptors (Lipinski definition) is 5. The second-order valence-electron chi connectivity index (χ2n) is 15.1. The average Bonchev–Trinajstić information content (AvgIpc) is 4.04. The maximum absolute atomic E-state index is 6.57. The zero-order valence-electron chi connectivity index (χ0n) is 32.2. The molecule has 0 radical (unpaired) electrons. The molecule has 0 aliphatic rings. The Kier molecular flexibility index (Phi) is 8.00. The minimum Gasteiger partial charge on any atom is -0.456 e. The van der Waals surface area contributed by atoms with E-state index >= 15 is 0 Å². The van der Waals surface area contributed by atoms with E-state index in [2.05, 4.69) is 187 Å². The Morgan fingerprint density at radius 3 is 1.52 bits per heavy atom. The highest BCUT2D eigenvalue weighted by Crippen LogP contribution is 2.44. The van der Waals surface area contributed by atoms with Crippen molar-refractivity contribution in [2.75, 3.05) is 4.90 Å². The minimum absolute atomic E-state index is 0.857. The van der Waals surface area contributed by atoms with E-state index in [9.17, 15) is 0 Å². The topological polar surface area (TPSA) is 42.4 Å². The van der Waals surface area contributed by atoms with Crippen molar-refractivity contribution in [2.45, 2.75) is 0 Å². The van der Waals surface area contributed by atoms with Gasteiger partial charge in [-0.2, -0.15) is 0 Å². The van der Waals surface area contributed by atoms with Gasteiger partial charge in [-0.3, -0.25) is 0 Å². The first-order valence-corrected chi connectivity index (χ1v) is 20.9. The zero-order valence-corrected chi connectivity index (χ0v) is 33.1. The van der Waals surface area contributed by atoms with Crippen molar-refractivity contribution in [3.05, 3.63) is 206 Å². The molecule has 0 saturated heterocycles. The van der Waals surface area contributed by atoms with E-state index in [0.717, 1.165) is 92.9 Å². The van der Waals surface area contributed by atoms with Crippen LogP contribution in [0.5, 0.6) is 0 Å². The van der Waals surface area contributed by atoms with Gasteiger partial charge in [-0.25, -0.2) is 4.98 Å². The molecule has 4 nitrogen and oxygen atoms in total. The summed E-state index contributed by atoms with van der Waals surface area (Å²) >= 11 is 1.71. The molecule has 3 heterocycles. The molecule has 0 saturated carbocycles. The Balaban J connectivity index is 0.900. The summed E-state index contributed by atoms with van der Waals surface area (Å²) in [6.07, 6.45) is 0. The highest BCUT2D eigenvalue weighted by atomic mass is 32.1. The van der Waals surface area contributed by atoms with Crippen LogP contribution in [0.1, 0.15) is 0 Å². The van der Waals surface area contributed by atoms with Crippen molar-refractivity contribution in [1.29, 1.82) is 0 Å². The summed E-state index contributed by atoms with van der Waals surface area (Å²) in [6.45, 7) is 0. The first-order valence-electron chi connectivity index (χ1n) is 20.1. The summed E-state index contributed by atoms with van der Waals surface area (Å²) in [4.78, 5) is 7.47. The SMILES string of the molecule is c1ccc(-c2ccc(N(c3ccc(-c4ccccc4)cc3)c3ccc(-c4ccc5c(c4)oc4ccc6nc(-c7cccc8oc9ccccc9c78)sc6c45)cc3)cc2)cc1. The summed E-state index contributed by atoms with van der Waals surface area (Å²) in [7, 11) is 0. The van der Waals surface area contributed by atoms with E-state index in [0.29, 0.717) is 0 Å². The molecule has 0 spiro atoms. The van der Waals surface area contributed by atoms with Gasteiger partial charge >= 0.3 is 0 Å². The van der Waals surface area contributed by atoms with Crippen molar-refractivity contribution in [3.63, 3.8) is 0 Å². The van der Waals surface area contributed by atoms with Gasteiger partial charge < -0.3 is 13.7 Å². The van der Waals surface area contributed by atoms with Crippen molar-refractivity contribution >= 4 is 82.5 Å². The van der Waals surface area contributed by atoms with E-state index in [1.54, 1.807) is 11.3 Å². The normalized spacial score (nSPS) is 11.7. The lowest BCUT2D eigenvalue weighted by molar-refractivity contribution is 0.669. The van der Waals surface area contributed by atoms with Crippen molar-refractivity contribution < 1.29 is 8.83 Å². The fraction of sp³-hybridized carbons (Fsp3) is 0. The molecule has 0 atom stereocenters. The van der Waals surface area contributed by atoms with Gasteiger partial charge in [0.15, 0.2) is 0 Å². The number of benzene rings is 9. The van der Waals surface area contributed by atoms with Crippen molar-refractivity contribution in [3.8, 4) is 44.0 Å². The van der Waals surface area contributed by atoms with Crippen LogP contribution in [0.4, 0.5) is 17.1 Å². The quantitative estimate of drug-likeness (QED) is 0.161. The molecule has 3 aromatic heterocycles. The Bertz CT molecular complexity index is 3430. The van der Waals surface area contributed by atoms with Crippen LogP contribution in [0.2, 0.25) is 0 Å². The minimum atomic E-state index is 0.857. The molecular weight excluding hydrogens is 753 g/mol. The molecule has 0 bridgehead atoms. The number of thiazole rings is 1. The molecule has 5 heteroatoms. The average molecular weight is 787 g/mol. The van der Waals surface area contributed by atoms with E-state index in [4.69, 9.17) is 13.8 Å². The lowest BCUT2D eigenvalue weighted by Gasteiger charge is -2.26. The summed E-state index contributed by atoms with van der Waals surface area (Å²) in [6, 6.07) is 72.6. The van der Waals surface area contributed by atoms with Gasteiger partial charge in [-0.15, -0.1) is 11.3 Å². The summed E-state index contributed by atoms with van der Waals surface area (Å²) < 4.78 is 13.9. The van der Waals surface area contributed by atoms with Gasteiger partial charge in [0, 0.05) is 44.2 Å². The van der Waals surface area contributed by atoms with Crippen LogP contribution < -0.4 is 4.90 Å². The van der Waals surface area contributed by atoms with Crippen LogP contribution in [-0.4, -0.2) is 4.98 Å². The summed E-state index contributed by atoms with van der Waals surface area (Å²) in [5.41, 5.74) is 15.8. The third kappa shape index (κ3) is 5.78. The predicted molar refractivity (Wildman–Crippen MR) is 251 cm³/mol. The number of fused-ring (bicyclic) bond motifs is 8. The second-order valence-corrected chi connectivity index (χ2v) is 16.1. The van der Waals surface area contributed by atoms with E-state index in [1.807, 2.05) is 24.3 Å². The number of nitrogens with zero attached hydrogens (tertiary/aromatic N) is 2. The smallest absolute Gasteiger partial charge is 0.137 e. The number of anilines is 3. The highest BCUT2D eigenvalue weighted by Gasteiger charge is 2.20. The van der Waals surface area contributed by atoms with Crippen LogP contribution >= 0.6 is 11.3 Å². The van der Waals surface area contributed by atoms with Crippen LogP contribution in [0.15, 0.2) is 215 Å². The molecule has 12 rings (SSSR count). The third-order valence-corrected chi connectivity index (χ3v) is 12.7. The van der Waals surface area contributed by atoms with Gasteiger partial charge in [0.1, 0.15) is 27.3 Å². The Morgan fingerprint density at radius 1 is 0.367 bits per heavy atom. The first-order chi connectivity index (χ1) is 29.7. The fourth-order valence-corrected chi connectivity index (χ4v) is 9.76. The molecule has 60 heavy (non-hydrogen) atoms. The molecule has 0 N–H and O–H groups in total. The van der Waals surface area contributed by atoms with Crippen LogP contribution in [0.3, 0.4) is 0 Å². The molecule has 0 aliphatic heterocycles. The maximum Gasteiger partial charge on any atom is 0.137 e. The number of hydrogen-bond donors (Lipinski definition) is 0. The Hall–Kier alpha value is -7.73. The number of furan rings is 2. The molecule has 9 aromatic carbocycles. The van der Waals surface area contributed by atoms with Gasteiger partial charge in [-0.05, 0) is 106 Å². The van der Waals surface area contributed by atoms with Crippen LogP contribution in [-0.2, 0) is 0 Å². The van der Waals surface area contributed by atoms with E-state index in [1.165, 1.54) is 22.3 Å². The molecule has 12 aromatic rings. The molecular formula is C55H34N2O2S. The molecule has 0 unspecified atom stereocenters. The zero-order chi connectivity index (χ0) is 39.6. The standard InChI is InChI=1S/C55H34N2O2S/c1-3-10-35(11-4-1)37-18-25-41(26-19-37)57(42-27-20-38(21-28-42)36-12-5-2-6-13-36)43-29-22-39(23-30-43)40-24-31-45-51(34-40)59-50-33-32-47-54(53(45)50)60-55(56-47)46-15-9-17-49-52(46)44-14-7-8-16-48(44)58-49/h1-34H. The lowest BCUT2D eigenvalue weighted by atomic mass is 10.0. The maximum atomic E-state index is 6.57. The van der Waals surface area contributed by atoms with Gasteiger partial charge in [0.25, 0.3) is 0 Å². The lowest BCUT2D eigenvalue weighted by Crippen LogP contribution is -2.09. The molecule has 0 amide bonds. The van der Waals surface area contributed by atoms with Crippen molar-refractivity contribution in [2.24, 2.45) is 0 Å². The highest BCUT2D eigenvalue weighted by molar-refractivity contribution is 7.22. The molecule has 0 fully saturated rings. The van der Waals surface area contributed by atoms with E-state index in [-0.39, 0.29) is 0 Å². The van der Waals surface area contributed by atoms with Gasteiger partial charge in [0.05, 0.1) is 10.2 Å². The number of para-hydroxylation sites is 1. The van der Waals surface area contributed by atoms with Crippen molar-refractivity contribution in [1.82, 2.24) is 4.98 Å².